The maximum atomic E-state index is 13.8. The van der Waals surface area contributed by atoms with Gasteiger partial charge in [0, 0.05) is 13.1 Å². The second-order valence-corrected chi connectivity index (χ2v) is 15.8. The van der Waals surface area contributed by atoms with Crippen molar-refractivity contribution in [3.63, 3.8) is 0 Å². The van der Waals surface area contributed by atoms with Gasteiger partial charge in [-0.1, -0.05) is 0 Å². The predicted molar refractivity (Wildman–Crippen MR) is 248 cm³/mol. The molecule has 29 nitrogen and oxygen atoms in total. The van der Waals surface area contributed by atoms with Crippen LogP contribution < -0.4 is 82.7 Å². The number of nitrogens with two attached hydrogens (primary N) is 7. The van der Waals surface area contributed by atoms with Gasteiger partial charge >= 0.3 is 5.97 Å². The third-order valence-corrected chi connectivity index (χ3v) is 9.88. The number of aliphatic carboxylic acids is 1. The molecule has 0 fully saturated rings. The van der Waals surface area contributed by atoms with E-state index in [-0.39, 0.29) is 70.1 Å². The Bertz CT molecular complexity index is 1710. The number of carboxylic acids is 1. The first-order chi connectivity index (χ1) is 32.0. The fourth-order valence-corrected chi connectivity index (χ4v) is 5.90. The molecule has 388 valence electrons. The van der Waals surface area contributed by atoms with Crippen molar-refractivity contribution in [2.75, 3.05) is 39.3 Å². The molecule has 8 amide bonds. The minimum absolute atomic E-state index is 0.0265. The van der Waals surface area contributed by atoms with E-state index in [0.29, 0.717) is 32.2 Å². The van der Waals surface area contributed by atoms with Crippen LogP contribution in [-0.4, -0.2) is 174 Å². The topological polar surface area (TPSA) is 517 Å². The smallest absolute Gasteiger partial charge is 0.326 e. The van der Waals surface area contributed by atoms with Gasteiger partial charge in [-0.25, -0.2) is 4.79 Å². The van der Waals surface area contributed by atoms with Gasteiger partial charge < -0.3 is 98.0 Å². The summed E-state index contributed by atoms with van der Waals surface area (Å²) in [4.78, 5) is 125. The van der Waals surface area contributed by atoms with Crippen molar-refractivity contribution in [3.05, 3.63) is 0 Å². The van der Waals surface area contributed by atoms with Crippen LogP contribution in [0.25, 0.3) is 0 Å². The van der Waals surface area contributed by atoms with Gasteiger partial charge in [0.25, 0.3) is 0 Å². The molecular weight excluding hydrogens is 899 g/mol. The van der Waals surface area contributed by atoms with E-state index < -0.39 is 121 Å². The lowest BCUT2D eigenvalue weighted by Gasteiger charge is -2.26. The van der Waals surface area contributed by atoms with E-state index in [1.807, 2.05) is 0 Å². The zero-order chi connectivity index (χ0) is 51.9. The lowest BCUT2D eigenvalue weighted by Crippen LogP contribution is -2.60. The molecule has 0 aliphatic rings. The van der Waals surface area contributed by atoms with Crippen LogP contribution in [0.5, 0.6) is 0 Å². The molecule has 0 aromatic heterocycles. The lowest BCUT2D eigenvalue weighted by molar-refractivity contribution is -0.142. The molecule has 0 saturated carbocycles. The van der Waals surface area contributed by atoms with Gasteiger partial charge in [-0.15, -0.1) is 0 Å². The molecule has 0 aromatic rings. The van der Waals surface area contributed by atoms with Crippen LogP contribution in [0.4, 0.5) is 0 Å². The average Bonchev–Trinajstić information content (AvgIpc) is 3.27. The Morgan fingerprint density at radius 1 is 0.500 bits per heavy atom. The van der Waals surface area contributed by atoms with E-state index in [0.717, 1.165) is 0 Å². The summed E-state index contributed by atoms with van der Waals surface area (Å²) in [5.41, 5.74) is 38.3. The average molecular weight is 974 g/mol. The first-order valence-electron chi connectivity index (χ1n) is 22.2. The SMILES string of the molecule is CC(NC(=O)CNC(=O)C(N)C(C)O)C(=O)NC(CCCN=C(N)N)C(=O)NC(CCCCN)C(=O)NC(CO)C(=O)NC(C)C(=O)NC(CCCN=C(N)N)C(=O)NC(CCCCN)C(=O)O. The van der Waals surface area contributed by atoms with Crippen molar-refractivity contribution in [1.82, 2.24) is 42.5 Å². The van der Waals surface area contributed by atoms with Gasteiger partial charge in [0.05, 0.1) is 19.3 Å². The largest absolute Gasteiger partial charge is 0.480 e. The normalized spacial score (nSPS) is 14.8. The van der Waals surface area contributed by atoms with Crippen molar-refractivity contribution in [2.24, 2.45) is 50.1 Å². The number of rotatable bonds is 35. The van der Waals surface area contributed by atoms with Crippen molar-refractivity contribution in [1.29, 1.82) is 0 Å². The van der Waals surface area contributed by atoms with Crippen LogP contribution in [0.3, 0.4) is 0 Å². The molecule has 9 unspecified atom stereocenters. The molecule has 25 N–H and O–H groups in total. The number of unbranched alkanes of at least 4 members (excludes halogenated alkanes) is 2. The fraction of sp³-hybridized carbons (Fsp3) is 0.718. The van der Waals surface area contributed by atoms with Gasteiger partial charge in [0.1, 0.15) is 48.3 Å². The van der Waals surface area contributed by atoms with Crippen molar-refractivity contribution in [2.45, 2.75) is 139 Å². The van der Waals surface area contributed by atoms with Crippen molar-refractivity contribution >= 4 is 65.1 Å². The van der Waals surface area contributed by atoms with E-state index in [1.165, 1.54) is 20.8 Å². The summed E-state index contributed by atoms with van der Waals surface area (Å²) in [5, 5.41) is 48.5. The molecule has 0 spiro atoms. The highest BCUT2D eigenvalue weighted by molar-refractivity contribution is 5.97. The summed E-state index contributed by atoms with van der Waals surface area (Å²) < 4.78 is 0. The molecule has 0 bridgehead atoms. The number of aliphatic hydroxyl groups is 2. The van der Waals surface area contributed by atoms with Gasteiger partial charge in [-0.3, -0.25) is 48.3 Å². The number of nitrogens with one attached hydrogen (secondary N) is 8. The third kappa shape index (κ3) is 26.0. The molecular formula is C39H75N17O12. The molecule has 0 rings (SSSR count). The summed E-state index contributed by atoms with van der Waals surface area (Å²) in [6.07, 6.45) is 0.676. The highest BCUT2D eigenvalue weighted by Crippen LogP contribution is 2.08. The molecule has 0 radical (unpaired) electrons. The second-order valence-electron chi connectivity index (χ2n) is 15.8. The standard InChI is InChI=1S/C39H75N17O12/c1-20(50-28(59)18-49-36(66)29(42)22(3)58)30(60)52-24(12-8-16-47-38(43)44)32(62)54-23(10-4-6-14-40)34(64)56-27(19-57)35(65)51-21(2)31(61)53-25(13-9-17-48-39(45)46)33(63)55-26(37(67)68)11-5-7-15-41/h20-27,29,57-58H,4-19,40-42H2,1-3H3,(H,49,66)(H,50,59)(H,51,65)(H,52,60)(H,53,61)(H,54,62)(H,55,63)(H,56,64)(H,67,68)(H4,43,44,47)(H4,45,46,48). The van der Waals surface area contributed by atoms with E-state index in [1.54, 1.807) is 0 Å². The Labute approximate surface area is 394 Å². The Hall–Kier alpha value is -6.43. The van der Waals surface area contributed by atoms with Crippen molar-refractivity contribution < 1.29 is 58.5 Å². The van der Waals surface area contributed by atoms with Gasteiger partial charge in [-0.2, -0.15) is 0 Å². The number of nitrogens with zero attached hydrogens (tertiary/aromatic N) is 2. The first-order valence-corrected chi connectivity index (χ1v) is 22.2. The van der Waals surface area contributed by atoms with Gasteiger partial charge in [0.2, 0.25) is 47.3 Å². The molecule has 29 heteroatoms. The lowest BCUT2D eigenvalue weighted by atomic mass is 10.1. The molecule has 0 aliphatic heterocycles. The molecule has 0 aliphatic carbocycles. The number of amides is 8. The summed E-state index contributed by atoms with van der Waals surface area (Å²) in [5.74, 6) is -8.78. The third-order valence-electron chi connectivity index (χ3n) is 9.88. The van der Waals surface area contributed by atoms with E-state index in [2.05, 4.69) is 52.5 Å². The first kappa shape index (κ1) is 61.6. The minimum atomic E-state index is -1.68. The van der Waals surface area contributed by atoms with Gasteiger partial charge in [0.15, 0.2) is 11.9 Å². The van der Waals surface area contributed by atoms with E-state index in [9.17, 15) is 58.5 Å². The number of aliphatic imine (C=N–C) groups is 2. The molecule has 0 saturated heterocycles. The van der Waals surface area contributed by atoms with Crippen LogP contribution in [0.1, 0.15) is 85.0 Å². The number of hydrogen-bond acceptors (Lipinski definition) is 16. The summed E-state index contributed by atoms with van der Waals surface area (Å²) in [6.45, 7) is 2.92. The summed E-state index contributed by atoms with van der Waals surface area (Å²) in [7, 11) is 0. The Morgan fingerprint density at radius 3 is 1.26 bits per heavy atom. The molecule has 9 atom stereocenters. The minimum Gasteiger partial charge on any atom is -0.480 e. The van der Waals surface area contributed by atoms with Crippen LogP contribution in [-0.2, 0) is 43.2 Å². The van der Waals surface area contributed by atoms with Crippen LogP contribution in [0, 0.1) is 0 Å². The Balaban J connectivity index is 6.11. The van der Waals surface area contributed by atoms with Crippen LogP contribution in [0.2, 0.25) is 0 Å². The molecule has 68 heavy (non-hydrogen) atoms. The number of guanidine groups is 2. The van der Waals surface area contributed by atoms with Gasteiger partial charge in [-0.05, 0) is 98.1 Å². The number of hydrogen-bond donors (Lipinski definition) is 18. The van der Waals surface area contributed by atoms with Crippen molar-refractivity contribution in [3.8, 4) is 0 Å². The van der Waals surface area contributed by atoms with Crippen LogP contribution >= 0.6 is 0 Å². The molecule has 0 heterocycles. The number of carbonyl (C=O) groups is 9. The Kier molecular flexibility index (Phi) is 30.7. The zero-order valence-electron chi connectivity index (χ0n) is 39.0. The van der Waals surface area contributed by atoms with E-state index >= 15 is 0 Å². The summed E-state index contributed by atoms with van der Waals surface area (Å²) >= 11 is 0. The maximum Gasteiger partial charge on any atom is 0.326 e. The quantitative estimate of drug-likeness (QED) is 0.0159. The summed E-state index contributed by atoms with van der Waals surface area (Å²) in [6, 6.07) is -10.9. The van der Waals surface area contributed by atoms with Crippen LogP contribution in [0.15, 0.2) is 9.98 Å². The number of carboxylic acid groups (broad SMARTS) is 1. The monoisotopic (exact) mass is 974 g/mol. The zero-order valence-corrected chi connectivity index (χ0v) is 39.0. The number of aliphatic hydroxyl groups excluding tert-OH is 2. The highest BCUT2D eigenvalue weighted by atomic mass is 16.4. The Morgan fingerprint density at radius 2 is 0.868 bits per heavy atom. The maximum absolute atomic E-state index is 13.8. The second kappa shape index (κ2) is 33.9. The number of carbonyl (C=O) groups excluding carboxylic acids is 8. The predicted octanol–water partition coefficient (Wildman–Crippen LogP) is -8.31. The highest BCUT2D eigenvalue weighted by Gasteiger charge is 2.33. The fourth-order valence-electron chi connectivity index (χ4n) is 5.90. The van der Waals surface area contributed by atoms with E-state index in [4.69, 9.17) is 40.1 Å². The molecule has 0 aromatic carbocycles.